The van der Waals surface area contributed by atoms with Crippen molar-refractivity contribution in [2.24, 2.45) is 0 Å². The number of amides is 1. The molecule has 0 spiro atoms. The quantitative estimate of drug-likeness (QED) is 0.572. The number of sulfonamides is 1. The number of carbonyl (C=O) groups excluding carboxylic acids is 3. The minimum absolute atomic E-state index is 0.00822. The van der Waals surface area contributed by atoms with Crippen LogP contribution in [0.15, 0.2) is 41.3 Å². The highest BCUT2D eigenvalue weighted by Gasteiger charge is 2.25. The molecule has 0 atom stereocenters. The van der Waals surface area contributed by atoms with Crippen LogP contribution in [-0.4, -0.2) is 71.6 Å². The summed E-state index contributed by atoms with van der Waals surface area (Å²) in [6.07, 6.45) is 0.672. The number of fused-ring (bicyclic) bond motifs is 1. The summed E-state index contributed by atoms with van der Waals surface area (Å²) in [5.74, 6) is -1.39. The van der Waals surface area contributed by atoms with E-state index in [9.17, 15) is 22.8 Å². The third kappa shape index (κ3) is 5.64. The molecule has 0 saturated carbocycles. The van der Waals surface area contributed by atoms with Crippen molar-refractivity contribution in [2.45, 2.75) is 11.3 Å². The molecule has 0 aromatic heterocycles. The first kappa shape index (κ1) is 25.0. The number of hydrogen-bond acceptors (Lipinski definition) is 9. The van der Waals surface area contributed by atoms with E-state index in [1.807, 2.05) is 0 Å². The average Bonchev–Trinajstić information content (AvgIpc) is 3.07. The first-order valence-electron chi connectivity index (χ1n) is 10.1. The maximum atomic E-state index is 13.0. The maximum absolute atomic E-state index is 13.0. The van der Waals surface area contributed by atoms with Crippen LogP contribution >= 0.6 is 0 Å². The van der Waals surface area contributed by atoms with Gasteiger partial charge >= 0.3 is 11.9 Å². The molecule has 0 aliphatic carbocycles. The Morgan fingerprint density at radius 1 is 0.941 bits per heavy atom. The monoisotopic (exact) mass is 492 g/mol. The van der Waals surface area contributed by atoms with Gasteiger partial charge in [-0.05, 0) is 30.3 Å². The lowest BCUT2D eigenvalue weighted by molar-refractivity contribution is -0.116. The van der Waals surface area contributed by atoms with Crippen molar-refractivity contribution in [1.29, 1.82) is 0 Å². The van der Waals surface area contributed by atoms with Gasteiger partial charge in [-0.1, -0.05) is 0 Å². The van der Waals surface area contributed by atoms with Gasteiger partial charge in [0.25, 0.3) is 0 Å². The molecule has 0 bridgehead atoms. The van der Waals surface area contributed by atoms with E-state index in [-0.39, 0.29) is 21.7 Å². The maximum Gasteiger partial charge on any atom is 0.337 e. The smallest absolute Gasteiger partial charge is 0.337 e. The van der Waals surface area contributed by atoms with E-state index in [2.05, 4.69) is 14.8 Å². The van der Waals surface area contributed by atoms with Crippen molar-refractivity contribution in [3.05, 3.63) is 47.5 Å². The van der Waals surface area contributed by atoms with Gasteiger partial charge < -0.3 is 24.3 Å². The normalized spacial score (nSPS) is 13.1. The summed E-state index contributed by atoms with van der Waals surface area (Å²) in [6, 6.07) is 8.09. The third-order valence-electron chi connectivity index (χ3n) is 4.85. The van der Waals surface area contributed by atoms with Crippen molar-refractivity contribution in [3.8, 4) is 11.5 Å². The van der Waals surface area contributed by atoms with Crippen LogP contribution in [0, 0.1) is 0 Å². The Kier molecular flexibility index (Phi) is 7.74. The Bertz CT molecular complexity index is 1180. The Hall–Kier alpha value is -3.64. The molecule has 0 radical (unpaired) electrons. The molecule has 1 heterocycles. The number of nitrogens with zero attached hydrogens (tertiary/aromatic N) is 1. The molecule has 1 aliphatic rings. The van der Waals surface area contributed by atoms with E-state index in [1.165, 1.54) is 57.7 Å². The van der Waals surface area contributed by atoms with Crippen molar-refractivity contribution in [2.75, 3.05) is 46.3 Å². The minimum atomic E-state index is -4.03. The van der Waals surface area contributed by atoms with Crippen LogP contribution in [0.5, 0.6) is 11.5 Å². The second-order valence-corrected chi connectivity index (χ2v) is 9.30. The predicted molar refractivity (Wildman–Crippen MR) is 120 cm³/mol. The lowest BCUT2D eigenvalue weighted by atomic mass is 10.1. The van der Waals surface area contributed by atoms with Crippen LogP contribution < -0.4 is 14.8 Å². The molecule has 0 fully saturated rings. The fourth-order valence-corrected chi connectivity index (χ4v) is 4.29. The SMILES string of the molecule is COC(=O)c1cc(NC(=O)CN(C)S(=O)(=O)c2ccc3c(c2)OCCCO3)cc(C(=O)OC)c1. The molecule has 2 aromatic rings. The van der Waals surface area contributed by atoms with Crippen LogP contribution in [0.1, 0.15) is 27.1 Å². The van der Waals surface area contributed by atoms with E-state index < -0.39 is 34.4 Å². The minimum Gasteiger partial charge on any atom is -0.490 e. The fourth-order valence-electron chi connectivity index (χ4n) is 3.14. The highest BCUT2D eigenvalue weighted by molar-refractivity contribution is 7.89. The van der Waals surface area contributed by atoms with Gasteiger partial charge in [-0.2, -0.15) is 4.31 Å². The first-order valence-corrected chi connectivity index (χ1v) is 11.6. The Morgan fingerprint density at radius 2 is 1.53 bits per heavy atom. The number of methoxy groups -OCH3 is 2. The van der Waals surface area contributed by atoms with Gasteiger partial charge in [0.15, 0.2) is 11.5 Å². The highest BCUT2D eigenvalue weighted by Crippen LogP contribution is 2.32. The van der Waals surface area contributed by atoms with Gasteiger partial charge in [0.1, 0.15) is 0 Å². The molecular formula is C22H24N2O9S. The molecule has 1 amide bonds. The molecule has 3 rings (SSSR count). The zero-order valence-corrected chi connectivity index (χ0v) is 19.6. The van der Waals surface area contributed by atoms with E-state index in [0.29, 0.717) is 31.1 Å². The molecule has 0 saturated heterocycles. The second kappa shape index (κ2) is 10.5. The zero-order valence-electron chi connectivity index (χ0n) is 18.8. The third-order valence-corrected chi connectivity index (χ3v) is 6.65. The molecule has 1 N–H and O–H groups in total. The molecule has 1 aliphatic heterocycles. The van der Waals surface area contributed by atoms with Gasteiger partial charge in [-0.3, -0.25) is 4.79 Å². The number of likely N-dealkylation sites (N-methyl/N-ethyl adjacent to an activating group) is 1. The lowest BCUT2D eigenvalue weighted by Gasteiger charge is -2.18. The van der Waals surface area contributed by atoms with Gasteiger partial charge in [-0.15, -0.1) is 0 Å². The number of rotatable bonds is 7. The van der Waals surface area contributed by atoms with E-state index >= 15 is 0 Å². The molecule has 34 heavy (non-hydrogen) atoms. The van der Waals surface area contributed by atoms with Crippen molar-refractivity contribution < 1.29 is 41.7 Å². The lowest BCUT2D eigenvalue weighted by Crippen LogP contribution is -2.35. The number of anilines is 1. The van der Waals surface area contributed by atoms with Crippen LogP contribution in [-0.2, 0) is 24.3 Å². The van der Waals surface area contributed by atoms with Crippen molar-refractivity contribution >= 4 is 33.6 Å². The highest BCUT2D eigenvalue weighted by atomic mass is 32.2. The average molecular weight is 493 g/mol. The largest absolute Gasteiger partial charge is 0.490 e. The van der Waals surface area contributed by atoms with Gasteiger partial charge in [0.05, 0.1) is 50.0 Å². The second-order valence-electron chi connectivity index (χ2n) is 7.25. The summed E-state index contributed by atoms with van der Waals surface area (Å²) in [6.45, 7) is 0.327. The summed E-state index contributed by atoms with van der Waals surface area (Å²) in [5, 5.41) is 2.49. The van der Waals surface area contributed by atoms with E-state index in [1.54, 1.807) is 0 Å². The Balaban J connectivity index is 1.77. The Morgan fingerprint density at radius 3 is 2.12 bits per heavy atom. The van der Waals surface area contributed by atoms with Gasteiger partial charge in [0, 0.05) is 25.2 Å². The number of nitrogens with one attached hydrogen (secondary N) is 1. The molecule has 12 heteroatoms. The number of benzene rings is 2. The van der Waals surface area contributed by atoms with E-state index in [4.69, 9.17) is 9.47 Å². The summed E-state index contributed by atoms with van der Waals surface area (Å²) in [4.78, 5) is 36.3. The van der Waals surface area contributed by atoms with Crippen molar-refractivity contribution in [3.63, 3.8) is 0 Å². The molecule has 2 aromatic carbocycles. The summed E-state index contributed by atoms with van der Waals surface area (Å²) in [7, 11) is -0.439. The predicted octanol–water partition coefficient (Wildman–Crippen LogP) is 1.68. The number of ether oxygens (including phenoxy) is 4. The van der Waals surface area contributed by atoms with E-state index in [0.717, 1.165) is 4.31 Å². The van der Waals surface area contributed by atoms with Gasteiger partial charge in [0.2, 0.25) is 15.9 Å². The molecule has 182 valence electrons. The molecule has 0 unspecified atom stereocenters. The number of esters is 2. The van der Waals surface area contributed by atoms with Crippen LogP contribution in [0.2, 0.25) is 0 Å². The summed E-state index contributed by atoms with van der Waals surface area (Å²) < 4.78 is 47.2. The fraction of sp³-hybridized carbons (Fsp3) is 0.318. The number of hydrogen-bond donors (Lipinski definition) is 1. The topological polar surface area (TPSA) is 138 Å². The van der Waals surface area contributed by atoms with Crippen LogP contribution in [0.3, 0.4) is 0 Å². The van der Waals surface area contributed by atoms with Crippen LogP contribution in [0.25, 0.3) is 0 Å². The number of carbonyl (C=O) groups is 3. The van der Waals surface area contributed by atoms with Crippen molar-refractivity contribution in [1.82, 2.24) is 4.31 Å². The summed E-state index contributed by atoms with van der Waals surface area (Å²) in [5.41, 5.74) is 0.109. The Labute approximate surface area is 196 Å². The first-order chi connectivity index (χ1) is 16.1. The standard InChI is InChI=1S/C22H24N2O9S/c1-24(34(28,29)17-5-6-18-19(12-17)33-8-4-7-32-18)13-20(25)23-16-10-14(21(26)30-2)9-15(11-16)22(27)31-3/h5-6,9-12H,4,7-8,13H2,1-3H3,(H,23,25). The molecule has 11 nitrogen and oxygen atoms in total. The zero-order chi connectivity index (χ0) is 24.9. The van der Waals surface area contributed by atoms with Crippen LogP contribution in [0.4, 0.5) is 5.69 Å². The molecular weight excluding hydrogens is 468 g/mol. The summed E-state index contributed by atoms with van der Waals surface area (Å²) >= 11 is 0. The van der Waals surface area contributed by atoms with Gasteiger partial charge in [-0.25, -0.2) is 18.0 Å².